The monoisotopic (exact) mass is 340 g/mol. The van der Waals surface area contributed by atoms with E-state index in [9.17, 15) is 9.59 Å². The highest BCUT2D eigenvalue weighted by atomic mass is 16.5. The number of benzene rings is 2. The highest BCUT2D eigenvalue weighted by molar-refractivity contribution is 5.95. The van der Waals surface area contributed by atoms with E-state index in [-0.39, 0.29) is 17.7 Å². The number of hydrazine groups is 1. The molecule has 6 nitrogen and oxygen atoms in total. The molecule has 0 fully saturated rings. The van der Waals surface area contributed by atoms with Crippen LogP contribution in [-0.4, -0.2) is 25.0 Å². The number of carbonyl (C=O) groups excluding carboxylic acids is 2. The van der Waals surface area contributed by atoms with E-state index >= 15 is 0 Å². The largest absolute Gasteiger partial charge is 0.494 e. The second-order valence-electron chi connectivity index (χ2n) is 5.72. The lowest BCUT2D eigenvalue weighted by Crippen LogP contribution is -2.47. The Morgan fingerprint density at radius 2 is 1.88 bits per heavy atom. The van der Waals surface area contributed by atoms with Crippen LogP contribution in [0.1, 0.15) is 22.8 Å². The summed E-state index contributed by atoms with van der Waals surface area (Å²) in [5.41, 5.74) is 6.34. The van der Waals surface area contributed by atoms with Gasteiger partial charge in [0.05, 0.1) is 12.5 Å². The molecular weight excluding hydrogens is 320 g/mol. The van der Waals surface area contributed by atoms with E-state index in [1.165, 1.54) is 0 Å². The minimum Gasteiger partial charge on any atom is -0.494 e. The van der Waals surface area contributed by atoms with Gasteiger partial charge >= 0.3 is 0 Å². The molecule has 1 aliphatic rings. The summed E-state index contributed by atoms with van der Waals surface area (Å²) in [6, 6.07) is 14.4. The topological polar surface area (TPSA) is 76.7 Å². The summed E-state index contributed by atoms with van der Waals surface area (Å²) in [6.07, 6.45) is 0.584. The highest BCUT2D eigenvalue weighted by Crippen LogP contribution is 2.26. The molecule has 3 rings (SSSR count). The Morgan fingerprint density at radius 3 is 2.64 bits per heavy atom. The minimum absolute atomic E-state index is 0.270. The van der Waals surface area contributed by atoms with E-state index in [0.29, 0.717) is 30.9 Å². The average molecular weight is 340 g/mol. The minimum atomic E-state index is -0.381. The summed E-state index contributed by atoms with van der Waals surface area (Å²) in [5.74, 6) is 0.518. The van der Waals surface area contributed by atoms with Crippen LogP contribution in [0.4, 0.5) is 0 Å². The molecule has 0 spiro atoms. The van der Waals surface area contributed by atoms with E-state index in [0.717, 1.165) is 11.3 Å². The van der Waals surface area contributed by atoms with Crippen molar-refractivity contribution in [3.05, 3.63) is 59.7 Å². The third-order valence-electron chi connectivity index (χ3n) is 3.98. The van der Waals surface area contributed by atoms with Crippen LogP contribution >= 0.6 is 0 Å². The Morgan fingerprint density at radius 1 is 1.12 bits per heavy atom. The molecular formula is C19H20N2O4. The van der Waals surface area contributed by atoms with Crippen LogP contribution in [0.25, 0.3) is 0 Å². The van der Waals surface area contributed by atoms with Crippen LogP contribution in [-0.2, 0) is 11.2 Å². The number of para-hydroxylation sites is 1. The van der Waals surface area contributed by atoms with E-state index in [1.54, 1.807) is 24.3 Å². The van der Waals surface area contributed by atoms with Gasteiger partial charge in [-0.05, 0) is 49.2 Å². The Bertz CT molecular complexity index is 758. The van der Waals surface area contributed by atoms with Gasteiger partial charge in [-0.3, -0.25) is 20.4 Å². The number of amides is 2. The van der Waals surface area contributed by atoms with Crippen LogP contribution < -0.4 is 20.3 Å². The maximum atomic E-state index is 12.3. The fraction of sp³-hybridized carbons (Fsp3) is 0.263. The Kier molecular flexibility index (Phi) is 5.18. The van der Waals surface area contributed by atoms with Crippen LogP contribution in [0.3, 0.4) is 0 Å². The van der Waals surface area contributed by atoms with Gasteiger partial charge in [-0.2, -0.15) is 0 Å². The maximum Gasteiger partial charge on any atom is 0.269 e. The fourth-order valence-electron chi connectivity index (χ4n) is 2.66. The van der Waals surface area contributed by atoms with E-state index in [2.05, 4.69) is 10.9 Å². The van der Waals surface area contributed by atoms with Crippen molar-refractivity contribution in [1.82, 2.24) is 10.9 Å². The lowest BCUT2D eigenvalue weighted by atomic mass is 9.96. The molecule has 0 bridgehead atoms. The van der Waals surface area contributed by atoms with Crippen LogP contribution in [0.2, 0.25) is 0 Å². The Hall–Kier alpha value is -3.02. The van der Waals surface area contributed by atoms with Gasteiger partial charge in [0.1, 0.15) is 18.1 Å². The number of hydrogen-bond donors (Lipinski definition) is 2. The van der Waals surface area contributed by atoms with Crippen LogP contribution in [0, 0.1) is 5.92 Å². The lowest BCUT2D eigenvalue weighted by Gasteiger charge is -2.24. The second-order valence-corrected chi connectivity index (χ2v) is 5.72. The normalized spacial score (nSPS) is 15.5. The predicted molar refractivity (Wildman–Crippen MR) is 92.4 cm³/mol. The van der Waals surface area contributed by atoms with Crippen molar-refractivity contribution in [2.24, 2.45) is 5.92 Å². The van der Waals surface area contributed by atoms with Gasteiger partial charge in [-0.25, -0.2) is 0 Å². The number of ether oxygens (including phenoxy) is 2. The number of hydrogen-bond acceptors (Lipinski definition) is 4. The van der Waals surface area contributed by atoms with Gasteiger partial charge in [0, 0.05) is 5.56 Å². The summed E-state index contributed by atoms with van der Waals surface area (Å²) in [6.45, 7) is 2.75. The summed E-state index contributed by atoms with van der Waals surface area (Å²) in [4.78, 5) is 24.4. The molecule has 2 aromatic rings. The molecule has 1 aliphatic heterocycles. The van der Waals surface area contributed by atoms with Gasteiger partial charge in [-0.1, -0.05) is 18.2 Å². The first kappa shape index (κ1) is 16.8. The zero-order valence-electron chi connectivity index (χ0n) is 14.0. The molecule has 2 amide bonds. The molecule has 6 heteroatoms. The SMILES string of the molecule is CCOc1ccc(C(=O)NNC(=O)C2COc3ccccc3C2)cc1. The van der Waals surface area contributed by atoms with Crippen molar-refractivity contribution in [3.8, 4) is 11.5 Å². The molecule has 0 aliphatic carbocycles. The molecule has 0 aromatic heterocycles. The summed E-state index contributed by atoms with van der Waals surface area (Å²) in [5, 5.41) is 0. The molecule has 0 saturated heterocycles. The molecule has 130 valence electrons. The van der Waals surface area contributed by atoms with E-state index in [4.69, 9.17) is 9.47 Å². The highest BCUT2D eigenvalue weighted by Gasteiger charge is 2.26. The summed E-state index contributed by atoms with van der Waals surface area (Å²) >= 11 is 0. The zero-order valence-corrected chi connectivity index (χ0v) is 14.0. The molecule has 1 atom stereocenters. The molecule has 1 unspecified atom stereocenters. The van der Waals surface area contributed by atoms with Crippen molar-refractivity contribution >= 4 is 11.8 Å². The third-order valence-corrected chi connectivity index (χ3v) is 3.98. The standard InChI is InChI=1S/C19H20N2O4/c1-2-24-16-9-7-13(8-10-16)18(22)20-21-19(23)15-11-14-5-3-4-6-17(14)25-12-15/h3-10,15H,2,11-12H2,1H3,(H,20,22)(H,21,23). The number of carbonyl (C=O) groups is 2. The van der Waals surface area contributed by atoms with Gasteiger partial charge in [0.15, 0.2) is 0 Å². The van der Waals surface area contributed by atoms with Gasteiger partial charge < -0.3 is 9.47 Å². The molecule has 0 radical (unpaired) electrons. The van der Waals surface area contributed by atoms with Crippen molar-refractivity contribution in [1.29, 1.82) is 0 Å². The van der Waals surface area contributed by atoms with Gasteiger partial charge in [0.25, 0.3) is 5.91 Å². The first-order valence-electron chi connectivity index (χ1n) is 8.21. The first-order chi connectivity index (χ1) is 12.2. The summed E-state index contributed by atoms with van der Waals surface area (Å²) in [7, 11) is 0. The van der Waals surface area contributed by atoms with Crippen molar-refractivity contribution in [3.63, 3.8) is 0 Å². The predicted octanol–water partition coefficient (Wildman–Crippen LogP) is 2.10. The second kappa shape index (κ2) is 7.70. The van der Waals surface area contributed by atoms with Crippen LogP contribution in [0.5, 0.6) is 11.5 Å². The molecule has 1 heterocycles. The number of fused-ring (bicyclic) bond motifs is 1. The van der Waals surface area contributed by atoms with Crippen molar-refractivity contribution < 1.29 is 19.1 Å². The third kappa shape index (κ3) is 4.09. The van der Waals surface area contributed by atoms with Crippen LogP contribution in [0.15, 0.2) is 48.5 Å². The van der Waals surface area contributed by atoms with E-state index < -0.39 is 0 Å². The average Bonchev–Trinajstić information content (AvgIpc) is 2.66. The molecule has 2 aromatic carbocycles. The zero-order chi connectivity index (χ0) is 17.6. The lowest BCUT2D eigenvalue weighted by molar-refractivity contribution is -0.127. The smallest absolute Gasteiger partial charge is 0.269 e. The molecule has 25 heavy (non-hydrogen) atoms. The summed E-state index contributed by atoms with van der Waals surface area (Å²) < 4.78 is 10.9. The van der Waals surface area contributed by atoms with Gasteiger partial charge in [-0.15, -0.1) is 0 Å². The van der Waals surface area contributed by atoms with Crippen molar-refractivity contribution in [2.75, 3.05) is 13.2 Å². The maximum absolute atomic E-state index is 12.3. The first-order valence-corrected chi connectivity index (χ1v) is 8.21. The number of rotatable bonds is 4. The quantitative estimate of drug-likeness (QED) is 0.836. The molecule has 2 N–H and O–H groups in total. The fourth-order valence-corrected chi connectivity index (χ4v) is 2.66. The number of nitrogens with one attached hydrogen (secondary N) is 2. The van der Waals surface area contributed by atoms with Crippen molar-refractivity contribution in [2.45, 2.75) is 13.3 Å². The molecule has 0 saturated carbocycles. The Balaban J connectivity index is 1.53. The van der Waals surface area contributed by atoms with Gasteiger partial charge in [0.2, 0.25) is 5.91 Å². The van der Waals surface area contributed by atoms with E-state index in [1.807, 2.05) is 31.2 Å². The Labute approximate surface area is 146 Å².